The molecule has 0 aliphatic heterocycles. The lowest BCUT2D eigenvalue weighted by Gasteiger charge is -2.14. The maximum absolute atomic E-state index is 14.2. The number of nitrogens with zero attached hydrogens (tertiary/aromatic N) is 4. The van der Waals surface area contributed by atoms with E-state index in [4.69, 9.17) is 4.74 Å². The minimum absolute atomic E-state index is 0.245. The van der Waals surface area contributed by atoms with Gasteiger partial charge >= 0.3 is 0 Å². The molecular formula is C23H24FN5O. The van der Waals surface area contributed by atoms with Crippen molar-refractivity contribution in [1.82, 2.24) is 19.3 Å². The highest BCUT2D eigenvalue weighted by Crippen LogP contribution is 2.27. The Kier molecular flexibility index (Phi) is 5.63. The zero-order chi connectivity index (χ0) is 21.1. The molecule has 0 amide bonds. The highest BCUT2D eigenvalue weighted by Gasteiger charge is 2.13. The van der Waals surface area contributed by atoms with Crippen LogP contribution in [0.2, 0.25) is 0 Å². The Morgan fingerprint density at radius 1 is 1.10 bits per heavy atom. The molecule has 0 bridgehead atoms. The fourth-order valence-corrected chi connectivity index (χ4v) is 3.49. The molecule has 0 radical (unpaired) electrons. The first-order chi connectivity index (χ1) is 14.6. The standard InChI is InChI=1S/C23H24FN5O/c1-28(2)14-16-7-9-17(10-8-16)18-11-26-23(29-15-25-13-21(18)29)27-12-19-20(24)5-4-6-22(19)30-3/h4-11,13,15H,12,14H2,1-3H3,(H,26,27). The summed E-state index contributed by atoms with van der Waals surface area (Å²) in [6.07, 6.45) is 5.33. The second-order valence-corrected chi connectivity index (χ2v) is 7.35. The van der Waals surface area contributed by atoms with Crippen LogP contribution >= 0.6 is 0 Å². The molecule has 30 heavy (non-hydrogen) atoms. The number of benzene rings is 2. The second kappa shape index (κ2) is 8.51. The molecule has 0 unspecified atom stereocenters. The van der Waals surface area contributed by atoms with Gasteiger partial charge in [0.15, 0.2) is 0 Å². The van der Waals surface area contributed by atoms with E-state index < -0.39 is 0 Å². The molecule has 0 saturated heterocycles. The fraction of sp³-hybridized carbons (Fsp3) is 0.217. The minimum atomic E-state index is -0.321. The molecule has 7 heteroatoms. The number of hydrogen-bond donors (Lipinski definition) is 1. The summed E-state index contributed by atoms with van der Waals surface area (Å²) in [6.45, 7) is 1.14. The second-order valence-electron chi connectivity index (χ2n) is 7.35. The van der Waals surface area contributed by atoms with Crippen LogP contribution in [0.1, 0.15) is 11.1 Å². The molecule has 0 aliphatic rings. The van der Waals surface area contributed by atoms with Crippen molar-refractivity contribution in [1.29, 1.82) is 0 Å². The lowest BCUT2D eigenvalue weighted by Crippen LogP contribution is -2.10. The number of halogens is 1. The zero-order valence-corrected chi connectivity index (χ0v) is 17.3. The first kappa shape index (κ1) is 19.8. The van der Waals surface area contributed by atoms with E-state index in [1.807, 2.05) is 10.6 Å². The summed E-state index contributed by atoms with van der Waals surface area (Å²) >= 11 is 0. The van der Waals surface area contributed by atoms with Gasteiger partial charge in [-0.25, -0.2) is 14.4 Å². The Morgan fingerprint density at radius 2 is 1.90 bits per heavy atom. The molecule has 2 aromatic heterocycles. The van der Waals surface area contributed by atoms with E-state index >= 15 is 0 Å². The minimum Gasteiger partial charge on any atom is -0.496 e. The molecule has 0 spiro atoms. The average Bonchev–Trinajstić information content (AvgIpc) is 3.23. The number of hydrogen-bond acceptors (Lipinski definition) is 5. The van der Waals surface area contributed by atoms with Crippen LogP contribution in [-0.4, -0.2) is 40.5 Å². The van der Waals surface area contributed by atoms with Crippen LogP contribution in [0, 0.1) is 5.82 Å². The molecule has 4 aromatic rings. The predicted molar refractivity (Wildman–Crippen MR) is 116 cm³/mol. The van der Waals surface area contributed by atoms with E-state index in [1.165, 1.54) is 18.7 Å². The Balaban J connectivity index is 1.62. The van der Waals surface area contributed by atoms with Gasteiger partial charge in [-0.1, -0.05) is 30.3 Å². The van der Waals surface area contributed by atoms with Crippen molar-refractivity contribution in [3.05, 3.63) is 78.1 Å². The van der Waals surface area contributed by atoms with Crippen LogP contribution in [0.15, 0.2) is 61.2 Å². The molecule has 2 aromatic carbocycles. The van der Waals surface area contributed by atoms with Crippen LogP contribution in [0.3, 0.4) is 0 Å². The van der Waals surface area contributed by atoms with Gasteiger partial charge in [-0.2, -0.15) is 0 Å². The number of imidazole rings is 1. The molecular weight excluding hydrogens is 381 g/mol. The summed E-state index contributed by atoms with van der Waals surface area (Å²) < 4.78 is 21.4. The van der Waals surface area contributed by atoms with Crippen LogP contribution in [-0.2, 0) is 13.1 Å². The number of anilines is 1. The van der Waals surface area contributed by atoms with Crippen LogP contribution < -0.4 is 10.1 Å². The predicted octanol–water partition coefficient (Wildman–Crippen LogP) is 4.22. The zero-order valence-electron chi connectivity index (χ0n) is 17.3. The molecule has 0 atom stereocenters. The van der Waals surface area contributed by atoms with Crippen molar-refractivity contribution in [3.63, 3.8) is 0 Å². The summed E-state index contributed by atoms with van der Waals surface area (Å²) in [7, 11) is 5.63. The lowest BCUT2D eigenvalue weighted by molar-refractivity contribution is 0.402. The average molecular weight is 405 g/mol. The van der Waals surface area contributed by atoms with E-state index in [1.54, 1.807) is 24.7 Å². The van der Waals surface area contributed by atoms with Crippen LogP contribution in [0.5, 0.6) is 5.75 Å². The molecule has 6 nitrogen and oxygen atoms in total. The van der Waals surface area contributed by atoms with Gasteiger partial charge in [0.1, 0.15) is 17.9 Å². The van der Waals surface area contributed by atoms with Gasteiger partial charge in [0.05, 0.1) is 18.8 Å². The summed E-state index contributed by atoms with van der Waals surface area (Å²) in [5.74, 6) is 0.762. The van der Waals surface area contributed by atoms with E-state index in [0.717, 1.165) is 23.2 Å². The highest BCUT2D eigenvalue weighted by atomic mass is 19.1. The molecule has 2 heterocycles. The van der Waals surface area contributed by atoms with Gasteiger partial charge in [0, 0.05) is 30.4 Å². The van der Waals surface area contributed by atoms with Crippen molar-refractivity contribution < 1.29 is 9.13 Å². The lowest BCUT2D eigenvalue weighted by atomic mass is 10.1. The third-order valence-electron chi connectivity index (χ3n) is 4.94. The van der Waals surface area contributed by atoms with E-state index in [9.17, 15) is 4.39 Å². The third-order valence-corrected chi connectivity index (χ3v) is 4.94. The molecule has 0 saturated carbocycles. The van der Waals surface area contributed by atoms with Gasteiger partial charge in [0.2, 0.25) is 5.95 Å². The number of aromatic nitrogens is 3. The SMILES string of the molecule is COc1cccc(F)c1CNc1ncc(-c2ccc(CN(C)C)cc2)c2cncn12. The summed E-state index contributed by atoms with van der Waals surface area (Å²) in [5, 5.41) is 3.20. The van der Waals surface area contributed by atoms with Crippen molar-refractivity contribution in [2.45, 2.75) is 13.1 Å². The molecule has 4 rings (SSSR count). The van der Waals surface area contributed by atoms with Crippen molar-refractivity contribution in [2.24, 2.45) is 0 Å². The topological polar surface area (TPSA) is 54.7 Å². The van der Waals surface area contributed by atoms with Gasteiger partial charge < -0.3 is 15.0 Å². The van der Waals surface area contributed by atoms with Gasteiger partial charge in [-0.15, -0.1) is 0 Å². The van der Waals surface area contributed by atoms with Crippen LogP contribution in [0.25, 0.3) is 16.6 Å². The summed E-state index contributed by atoms with van der Waals surface area (Å²) in [5.41, 5.74) is 4.68. The first-order valence-corrected chi connectivity index (χ1v) is 9.67. The van der Waals surface area contributed by atoms with E-state index in [2.05, 4.69) is 58.5 Å². The van der Waals surface area contributed by atoms with E-state index in [0.29, 0.717) is 17.3 Å². The maximum Gasteiger partial charge on any atom is 0.208 e. The molecule has 154 valence electrons. The van der Waals surface area contributed by atoms with Crippen molar-refractivity contribution in [2.75, 3.05) is 26.5 Å². The van der Waals surface area contributed by atoms with Crippen LogP contribution in [0.4, 0.5) is 10.3 Å². The van der Waals surface area contributed by atoms with Crippen molar-refractivity contribution >= 4 is 11.5 Å². The Hall–Kier alpha value is -3.45. The number of methoxy groups -OCH3 is 1. The summed E-state index contributed by atoms with van der Waals surface area (Å²) in [6, 6.07) is 13.2. The monoisotopic (exact) mass is 405 g/mol. The Bertz CT molecular complexity index is 1150. The third kappa shape index (κ3) is 3.97. The molecule has 1 N–H and O–H groups in total. The first-order valence-electron chi connectivity index (χ1n) is 9.67. The Labute approximate surface area is 175 Å². The smallest absolute Gasteiger partial charge is 0.208 e. The van der Waals surface area contributed by atoms with Gasteiger partial charge in [-0.05, 0) is 37.4 Å². The quantitative estimate of drug-likeness (QED) is 0.499. The fourth-order valence-electron chi connectivity index (χ4n) is 3.49. The van der Waals surface area contributed by atoms with Crippen molar-refractivity contribution in [3.8, 4) is 16.9 Å². The normalized spacial score (nSPS) is 11.2. The molecule has 0 aliphatic carbocycles. The Morgan fingerprint density at radius 3 is 2.63 bits per heavy atom. The summed E-state index contributed by atoms with van der Waals surface area (Å²) in [4.78, 5) is 11.0. The number of ether oxygens (including phenoxy) is 1. The van der Waals surface area contributed by atoms with Gasteiger partial charge in [-0.3, -0.25) is 4.40 Å². The number of fused-ring (bicyclic) bond motifs is 1. The molecule has 0 fully saturated rings. The highest BCUT2D eigenvalue weighted by molar-refractivity contribution is 5.80. The number of rotatable bonds is 7. The largest absolute Gasteiger partial charge is 0.496 e. The maximum atomic E-state index is 14.2. The van der Waals surface area contributed by atoms with E-state index in [-0.39, 0.29) is 12.4 Å². The number of nitrogens with one attached hydrogen (secondary N) is 1. The van der Waals surface area contributed by atoms with Gasteiger partial charge in [0.25, 0.3) is 0 Å².